The van der Waals surface area contributed by atoms with Gasteiger partial charge in [-0.3, -0.25) is 9.78 Å². The molecule has 2 aromatic rings. The van der Waals surface area contributed by atoms with E-state index in [0.29, 0.717) is 17.0 Å². The highest BCUT2D eigenvalue weighted by Crippen LogP contribution is 2.17. The minimum Gasteiger partial charge on any atom is -0.478 e. The SMILES string of the molecule is O=C(O)c1cncc(C(=O)NCCc2ccc(F)cc2Cl)c1. The van der Waals surface area contributed by atoms with Gasteiger partial charge in [-0.25, -0.2) is 9.18 Å². The van der Waals surface area contributed by atoms with Crippen LogP contribution in [-0.2, 0) is 6.42 Å². The number of carbonyl (C=O) groups excluding carboxylic acids is 1. The summed E-state index contributed by atoms with van der Waals surface area (Å²) in [7, 11) is 0. The van der Waals surface area contributed by atoms with Crippen LogP contribution in [0.4, 0.5) is 4.39 Å². The minimum atomic E-state index is -1.15. The van der Waals surface area contributed by atoms with Crippen molar-refractivity contribution in [3.05, 3.63) is 64.2 Å². The molecule has 1 heterocycles. The van der Waals surface area contributed by atoms with Gasteiger partial charge in [0.1, 0.15) is 5.82 Å². The lowest BCUT2D eigenvalue weighted by molar-refractivity contribution is 0.0696. The van der Waals surface area contributed by atoms with E-state index in [-0.39, 0.29) is 17.7 Å². The van der Waals surface area contributed by atoms with E-state index in [9.17, 15) is 14.0 Å². The summed E-state index contributed by atoms with van der Waals surface area (Å²) in [5.74, 6) is -2.01. The van der Waals surface area contributed by atoms with Crippen LogP contribution in [0, 0.1) is 5.82 Å². The summed E-state index contributed by atoms with van der Waals surface area (Å²) in [5.41, 5.74) is 0.806. The number of rotatable bonds is 5. The molecule has 0 saturated carbocycles. The molecule has 1 aromatic carbocycles. The first kappa shape index (κ1) is 15.9. The zero-order chi connectivity index (χ0) is 16.1. The Bertz CT molecular complexity index is 722. The highest BCUT2D eigenvalue weighted by atomic mass is 35.5. The first-order valence-corrected chi connectivity index (χ1v) is 6.75. The fraction of sp³-hybridized carbons (Fsp3) is 0.133. The maximum atomic E-state index is 12.9. The second-order valence-corrected chi connectivity index (χ2v) is 4.92. The van der Waals surface area contributed by atoms with Crippen LogP contribution >= 0.6 is 11.6 Å². The van der Waals surface area contributed by atoms with Gasteiger partial charge in [-0.2, -0.15) is 0 Å². The Morgan fingerprint density at radius 2 is 1.95 bits per heavy atom. The van der Waals surface area contributed by atoms with Crippen LogP contribution in [0.25, 0.3) is 0 Å². The Morgan fingerprint density at radius 3 is 2.64 bits per heavy atom. The third-order valence-corrected chi connectivity index (χ3v) is 3.29. The van der Waals surface area contributed by atoms with Gasteiger partial charge >= 0.3 is 5.97 Å². The normalized spacial score (nSPS) is 10.3. The number of carbonyl (C=O) groups is 2. The third kappa shape index (κ3) is 4.02. The molecule has 0 atom stereocenters. The summed E-state index contributed by atoms with van der Waals surface area (Å²) in [4.78, 5) is 26.4. The van der Waals surface area contributed by atoms with Gasteiger partial charge in [0.25, 0.3) is 5.91 Å². The van der Waals surface area contributed by atoms with Crippen molar-refractivity contribution in [2.24, 2.45) is 0 Å². The number of hydrogen-bond donors (Lipinski definition) is 2. The van der Waals surface area contributed by atoms with Gasteiger partial charge in [0.15, 0.2) is 0 Å². The Kier molecular flexibility index (Phi) is 5.06. The summed E-state index contributed by atoms with van der Waals surface area (Å²) >= 11 is 5.89. The molecule has 0 spiro atoms. The molecule has 0 aliphatic carbocycles. The largest absolute Gasteiger partial charge is 0.478 e. The number of pyridine rings is 1. The van der Waals surface area contributed by atoms with Gasteiger partial charge in [-0.15, -0.1) is 0 Å². The summed E-state index contributed by atoms with van der Waals surface area (Å²) < 4.78 is 12.9. The molecule has 1 aromatic heterocycles. The second kappa shape index (κ2) is 7.00. The van der Waals surface area contributed by atoms with Crippen molar-refractivity contribution in [1.82, 2.24) is 10.3 Å². The van der Waals surface area contributed by atoms with E-state index >= 15 is 0 Å². The van der Waals surface area contributed by atoms with Crippen molar-refractivity contribution in [2.75, 3.05) is 6.54 Å². The van der Waals surface area contributed by atoms with Crippen LogP contribution in [0.3, 0.4) is 0 Å². The Balaban J connectivity index is 1.95. The molecule has 7 heteroatoms. The van der Waals surface area contributed by atoms with Crippen molar-refractivity contribution in [3.63, 3.8) is 0 Å². The fourth-order valence-corrected chi connectivity index (χ4v) is 2.08. The number of benzene rings is 1. The quantitative estimate of drug-likeness (QED) is 0.886. The van der Waals surface area contributed by atoms with E-state index in [2.05, 4.69) is 10.3 Å². The van der Waals surface area contributed by atoms with Crippen molar-refractivity contribution >= 4 is 23.5 Å². The first-order valence-electron chi connectivity index (χ1n) is 6.38. The lowest BCUT2D eigenvalue weighted by Crippen LogP contribution is -2.26. The molecule has 0 fully saturated rings. The van der Waals surface area contributed by atoms with E-state index < -0.39 is 17.7 Å². The van der Waals surface area contributed by atoms with Crippen molar-refractivity contribution in [2.45, 2.75) is 6.42 Å². The van der Waals surface area contributed by atoms with Crippen LogP contribution in [0.5, 0.6) is 0 Å². The highest BCUT2D eigenvalue weighted by Gasteiger charge is 2.10. The molecule has 22 heavy (non-hydrogen) atoms. The highest BCUT2D eigenvalue weighted by molar-refractivity contribution is 6.31. The molecule has 1 amide bonds. The number of halogens is 2. The van der Waals surface area contributed by atoms with Gasteiger partial charge in [-0.1, -0.05) is 17.7 Å². The number of nitrogens with one attached hydrogen (secondary N) is 1. The number of aromatic carboxylic acids is 1. The maximum Gasteiger partial charge on any atom is 0.337 e. The predicted octanol–water partition coefficient (Wildman–Crippen LogP) is 2.54. The lowest BCUT2D eigenvalue weighted by atomic mass is 10.1. The van der Waals surface area contributed by atoms with Gasteiger partial charge in [0, 0.05) is 24.0 Å². The standard InChI is InChI=1S/C15H12ClFN2O3/c16-13-6-12(17)2-1-9(13)3-4-19-14(20)10-5-11(15(21)22)8-18-7-10/h1-2,5-8H,3-4H2,(H,19,20)(H,21,22). The van der Waals surface area contributed by atoms with Gasteiger partial charge in [0.2, 0.25) is 0 Å². The van der Waals surface area contributed by atoms with Crippen LogP contribution in [-0.4, -0.2) is 28.5 Å². The zero-order valence-electron chi connectivity index (χ0n) is 11.3. The third-order valence-electron chi connectivity index (χ3n) is 2.94. The molecule has 2 rings (SSSR count). The second-order valence-electron chi connectivity index (χ2n) is 4.51. The molecule has 2 N–H and O–H groups in total. The van der Waals surface area contributed by atoms with Crippen molar-refractivity contribution < 1.29 is 19.1 Å². The molecule has 0 saturated heterocycles. The lowest BCUT2D eigenvalue weighted by Gasteiger charge is -2.07. The number of carboxylic acids is 1. The Labute approximate surface area is 130 Å². The molecule has 0 bridgehead atoms. The average molecular weight is 323 g/mol. The smallest absolute Gasteiger partial charge is 0.337 e. The van der Waals surface area contributed by atoms with E-state index in [1.165, 1.54) is 24.4 Å². The van der Waals surface area contributed by atoms with Gasteiger partial charge < -0.3 is 10.4 Å². The molecular weight excluding hydrogens is 311 g/mol. The maximum absolute atomic E-state index is 12.9. The molecular formula is C15H12ClFN2O3. The fourth-order valence-electron chi connectivity index (χ4n) is 1.82. The number of hydrogen-bond acceptors (Lipinski definition) is 3. The van der Waals surface area contributed by atoms with Crippen molar-refractivity contribution in [3.8, 4) is 0 Å². The predicted molar refractivity (Wildman–Crippen MR) is 78.6 cm³/mol. The number of nitrogens with zero attached hydrogens (tertiary/aromatic N) is 1. The monoisotopic (exact) mass is 322 g/mol. The Hall–Kier alpha value is -2.47. The number of carboxylic acid groups (broad SMARTS) is 1. The number of aromatic nitrogens is 1. The van der Waals surface area contributed by atoms with Crippen molar-refractivity contribution in [1.29, 1.82) is 0 Å². The van der Waals surface area contributed by atoms with Gasteiger partial charge in [-0.05, 0) is 30.2 Å². The zero-order valence-corrected chi connectivity index (χ0v) is 12.1. The van der Waals surface area contributed by atoms with Crippen LogP contribution in [0.2, 0.25) is 5.02 Å². The summed E-state index contributed by atoms with van der Waals surface area (Å²) in [6, 6.07) is 5.30. The van der Waals surface area contributed by atoms with Gasteiger partial charge in [0.05, 0.1) is 11.1 Å². The molecule has 0 aliphatic rings. The molecule has 0 unspecified atom stereocenters. The topological polar surface area (TPSA) is 79.3 Å². The first-order chi connectivity index (χ1) is 10.5. The summed E-state index contributed by atoms with van der Waals surface area (Å²) in [5, 5.41) is 11.8. The van der Waals surface area contributed by atoms with E-state index in [1.54, 1.807) is 6.07 Å². The summed E-state index contributed by atoms with van der Waals surface area (Å²) in [6.07, 6.45) is 2.88. The van der Waals surface area contributed by atoms with E-state index in [4.69, 9.17) is 16.7 Å². The van der Waals surface area contributed by atoms with Crippen LogP contribution < -0.4 is 5.32 Å². The molecule has 0 aliphatic heterocycles. The number of amides is 1. The van der Waals surface area contributed by atoms with E-state index in [0.717, 1.165) is 6.20 Å². The molecule has 114 valence electrons. The van der Waals surface area contributed by atoms with Crippen LogP contribution in [0.15, 0.2) is 36.7 Å². The molecule has 5 nitrogen and oxygen atoms in total. The minimum absolute atomic E-state index is 0.0609. The molecule has 0 radical (unpaired) electrons. The van der Waals surface area contributed by atoms with E-state index in [1.807, 2.05) is 0 Å². The Morgan fingerprint density at radius 1 is 1.23 bits per heavy atom. The van der Waals surface area contributed by atoms with Crippen LogP contribution in [0.1, 0.15) is 26.3 Å². The summed E-state index contributed by atoms with van der Waals surface area (Å²) in [6.45, 7) is 0.279. The average Bonchev–Trinajstić information content (AvgIpc) is 2.49.